The molecule has 3 nitrogen and oxygen atoms in total. The van der Waals surface area contributed by atoms with Crippen molar-refractivity contribution in [3.63, 3.8) is 0 Å². The van der Waals surface area contributed by atoms with Gasteiger partial charge in [0.25, 0.3) is 0 Å². The fraction of sp³-hybridized carbons (Fsp3) is 1.00. The van der Waals surface area contributed by atoms with Gasteiger partial charge in [-0.2, -0.15) is 0 Å². The zero-order valence-corrected chi connectivity index (χ0v) is 8.82. The number of aliphatic hydroxyl groups excluding tert-OH is 1. The van der Waals surface area contributed by atoms with E-state index in [4.69, 9.17) is 5.11 Å². The van der Waals surface area contributed by atoms with Crippen molar-refractivity contribution in [2.75, 3.05) is 26.2 Å². The summed E-state index contributed by atoms with van der Waals surface area (Å²) in [5, 5.41) is 18.8. The van der Waals surface area contributed by atoms with E-state index in [1.807, 2.05) is 20.8 Å². The number of hydrogen-bond acceptors (Lipinski definition) is 3. The standard InChI is InChI=1S/C10H21NO2/c1-8(2)10(13)6-11(7-10)4-9(3)5-12/h8-9,12-13H,4-7H2,1-3H3. The van der Waals surface area contributed by atoms with Gasteiger partial charge in [-0.3, -0.25) is 4.90 Å². The van der Waals surface area contributed by atoms with Crippen molar-refractivity contribution in [3.8, 4) is 0 Å². The molecule has 1 fully saturated rings. The second-order valence-corrected chi connectivity index (χ2v) is 4.72. The van der Waals surface area contributed by atoms with Crippen LogP contribution in [-0.4, -0.2) is 47.0 Å². The third-order valence-corrected chi connectivity index (χ3v) is 2.95. The SMILES string of the molecule is CC(CO)CN1CC(O)(C(C)C)C1. The van der Waals surface area contributed by atoms with Crippen LogP contribution in [0.2, 0.25) is 0 Å². The van der Waals surface area contributed by atoms with Crippen LogP contribution in [0.1, 0.15) is 20.8 Å². The highest BCUT2D eigenvalue weighted by molar-refractivity contribution is 4.97. The Labute approximate surface area is 80.4 Å². The molecule has 0 aliphatic carbocycles. The first-order valence-electron chi connectivity index (χ1n) is 5.03. The number of β-amino-alcohol motifs (C(OH)–C–C–N with tert-alkyl or cyclic N) is 1. The minimum atomic E-state index is -0.477. The molecule has 1 heterocycles. The van der Waals surface area contributed by atoms with Crippen molar-refractivity contribution in [1.82, 2.24) is 4.90 Å². The van der Waals surface area contributed by atoms with Gasteiger partial charge in [0, 0.05) is 26.2 Å². The predicted molar refractivity (Wildman–Crippen MR) is 52.5 cm³/mol. The highest BCUT2D eigenvalue weighted by atomic mass is 16.3. The Morgan fingerprint density at radius 2 is 1.85 bits per heavy atom. The quantitative estimate of drug-likeness (QED) is 0.666. The van der Waals surface area contributed by atoms with Gasteiger partial charge in [0.2, 0.25) is 0 Å². The first-order chi connectivity index (χ1) is 5.98. The average Bonchev–Trinajstić information content (AvgIpc) is 2.00. The Balaban J connectivity index is 2.25. The molecule has 0 aromatic rings. The Bertz CT molecular complexity index is 164. The van der Waals surface area contributed by atoms with Crippen LogP contribution >= 0.6 is 0 Å². The highest BCUT2D eigenvalue weighted by Gasteiger charge is 2.43. The molecule has 78 valence electrons. The van der Waals surface area contributed by atoms with Gasteiger partial charge in [-0.15, -0.1) is 0 Å². The number of likely N-dealkylation sites (tertiary alicyclic amines) is 1. The van der Waals surface area contributed by atoms with Crippen LogP contribution in [0.4, 0.5) is 0 Å². The lowest BCUT2D eigenvalue weighted by molar-refractivity contribution is -0.131. The van der Waals surface area contributed by atoms with E-state index < -0.39 is 5.60 Å². The van der Waals surface area contributed by atoms with E-state index in [9.17, 15) is 5.11 Å². The van der Waals surface area contributed by atoms with Crippen LogP contribution < -0.4 is 0 Å². The van der Waals surface area contributed by atoms with Crippen LogP contribution in [0.25, 0.3) is 0 Å². The minimum absolute atomic E-state index is 0.233. The van der Waals surface area contributed by atoms with E-state index in [0.717, 1.165) is 19.6 Å². The summed E-state index contributed by atoms with van der Waals surface area (Å²) >= 11 is 0. The third kappa shape index (κ3) is 2.42. The Hall–Kier alpha value is -0.120. The second kappa shape index (κ2) is 3.95. The lowest BCUT2D eigenvalue weighted by atomic mass is 9.82. The third-order valence-electron chi connectivity index (χ3n) is 2.95. The van der Waals surface area contributed by atoms with E-state index in [2.05, 4.69) is 4.90 Å². The molecule has 1 aliphatic rings. The highest BCUT2D eigenvalue weighted by Crippen LogP contribution is 2.28. The maximum absolute atomic E-state index is 9.94. The van der Waals surface area contributed by atoms with Crippen LogP contribution in [0.15, 0.2) is 0 Å². The van der Waals surface area contributed by atoms with Gasteiger partial charge in [-0.25, -0.2) is 0 Å². The fourth-order valence-corrected chi connectivity index (χ4v) is 1.72. The van der Waals surface area contributed by atoms with Crippen LogP contribution in [0, 0.1) is 11.8 Å². The van der Waals surface area contributed by atoms with Gasteiger partial charge >= 0.3 is 0 Å². The summed E-state index contributed by atoms with van der Waals surface area (Å²) in [5.74, 6) is 0.643. The van der Waals surface area contributed by atoms with Crippen molar-refractivity contribution >= 4 is 0 Å². The second-order valence-electron chi connectivity index (χ2n) is 4.72. The van der Waals surface area contributed by atoms with Crippen LogP contribution in [0.3, 0.4) is 0 Å². The van der Waals surface area contributed by atoms with E-state index in [-0.39, 0.29) is 6.61 Å². The van der Waals surface area contributed by atoms with Crippen molar-refractivity contribution in [2.45, 2.75) is 26.4 Å². The maximum Gasteiger partial charge on any atom is 0.0922 e. The first kappa shape index (κ1) is 11.0. The molecular formula is C10H21NO2. The van der Waals surface area contributed by atoms with Gasteiger partial charge in [-0.1, -0.05) is 20.8 Å². The number of aliphatic hydroxyl groups is 2. The summed E-state index contributed by atoms with van der Waals surface area (Å²) in [7, 11) is 0. The molecule has 0 bridgehead atoms. The summed E-state index contributed by atoms with van der Waals surface area (Å²) in [6.45, 7) is 8.76. The van der Waals surface area contributed by atoms with Crippen molar-refractivity contribution < 1.29 is 10.2 Å². The molecule has 0 saturated carbocycles. The van der Waals surface area contributed by atoms with Crippen LogP contribution in [-0.2, 0) is 0 Å². The molecule has 3 heteroatoms. The number of nitrogens with zero attached hydrogens (tertiary/aromatic N) is 1. The zero-order chi connectivity index (χ0) is 10.1. The lowest BCUT2D eigenvalue weighted by Crippen LogP contribution is -2.65. The molecule has 0 spiro atoms. The van der Waals surface area contributed by atoms with Crippen molar-refractivity contribution in [3.05, 3.63) is 0 Å². The molecule has 1 aliphatic heterocycles. The fourth-order valence-electron chi connectivity index (χ4n) is 1.72. The molecular weight excluding hydrogens is 166 g/mol. The molecule has 0 aromatic heterocycles. The summed E-state index contributed by atoms with van der Waals surface area (Å²) in [5.41, 5.74) is -0.477. The molecule has 13 heavy (non-hydrogen) atoms. The van der Waals surface area contributed by atoms with Crippen molar-refractivity contribution in [1.29, 1.82) is 0 Å². The molecule has 0 aromatic carbocycles. The smallest absolute Gasteiger partial charge is 0.0922 e. The normalized spacial score (nSPS) is 24.5. The van der Waals surface area contributed by atoms with Gasteiger partial charge in [-0.05, 0) is 11.8 Å². The molecule has 1 saturated heterocycles. The van der Waals surface area contributed by atoms with Crippen molar-refractivity contribution in [2.24, 2.45) is 11.8 Å². The lowest BCUT2D eigenvalue weighted by Gasteiger charge is -2.49. The van der Waals surface area contributed by atoms with E-state index in [1.54, 1.807) is 0 Å². The first-order valence-corrected chi connectivity index (χ1v) is 5.03. The maximum atomic E-state index is 9.94. The molecule has 0 radical (unpaired) electrons. The molecule has 1 atom stereocenters. The summed E-state index contributed by atoms with van der Waals surface area (Å²) in [6, 6.07) is 0. The van der Waals surface area contributed by atoms with Gasteiger partial charge in [0.1, 0.15) is 0 Å². The largest absolute Gasteiger partial charge is 0.396 e. The Kier molecular flexibility index (Phi) is 3.33. The topological polar surface area (TPSA) is 43.7 Å². The molecule has 1 unspecified atom stereocenters. The molecule has 1 rings (SSSR count). The number of rotatable bonds is 4. The minimum Gasteiger partial charge on any atom is -0.396 e. The Morgan fingerprint density at radius 3 is 2.23 bits per heavy atom. The monoisotopic (exact) mass is 187 g/mol. The Morgan fingerprint density at radius 1 is 1.31 bits per heavy atom. The van der Waals surface area contributed by atoms with Gasteiger partial charge < -0.3 is 10.2 Å². The zero-order valence-electron chi connectivity index (χ0n) is 8.82. The molecule has 2 N–H and O–H groups in total. The van der Waals surface area contributed by atoms with Gasteiger partial charge in [0.05, 0.1) is 5.60 Å². The number of hydrogen-bond donors (Lipinski definition) is 2. The van der Waals surface area contributed by atoms with E-state index in [1.165, 1.54) is 0 Å². The van der Waals surface area contributed by atoms with E-state index in [0.29, 0.717) is 11.8 Å². The summed E-state index contributed by atoms with van der Waals surface area (Å²) in [4.78, 5) is 2.20. The molecule has 0 amide bonds. The summed E-state index contributed by atoms with van der Waals surface area (Å²) in [6.07, 6.45) is 0. The van der Waals surface area contributed by atoms with E-state index >= 15 is 0 Å². The predicted octanol–water partition coefficient (Wildman–Crippen LogP) is 0.317. The van der Waals surface area contributed by atoms with Gasteiger partial charge in [0.15, 0.2) is 0 Å². The van der Waals surface area contributed by atoms with Crippen LogP contribution in [0.5, 0.6) is 0 Å². The summed E-state index contributed by atoms with van der Waals surface area (Å²) < 4.78 is 0. The average molecular weight is 187 g/mol.